The normalized spacial score (nSPS) is 21.7. The van der Waals surface area contributed by atoms with Crippen LogP contribution in [-0.4, -0.2) is 11.8 Å². The minimum atomic E-state index is -0.995. The molecule has 4 heteroatoms. The molecule has 36 heavy (non-hydrogen) atoms. The fourth-order valence-corrected chi connectivity index (χ4v) is 6.74. The molecule has 0 radical (unpaired) electrons. The van der Waals surface area contributed by atoms with Crippen molar-refractivity contribution in [3.8, 4) is 0 Å². The molecule has 0 fully saturated rings. The maximum absolute atomic E-state index is 13.8. The Balaban J connectivity index is 1.94. The van der Waals surface area contributed by atoms with Gasteiger partial charge in [-0.1, -0.05) is 96.1 Å². The van der Waals surface area contributed by atoms with E-state index in [1.165, 1.54) is 0 Å². The first kappa shape index (κ1) is 22.3. The molecule has 0 N–H and O–H groups in total. The van der Waals surface area contributed by atoms with E-state index in [9.17, 15) is 9.59 Å². The highest BCUT2D eigenvalue weighted by molar-refractivity contribution is 6.08. The van der Waals surface area contributed by atoms with E-state index in [0.717, 1.165) is 44.8 Å². The first-order valence-corrected chi connectivity index (χ1v) is 12.3. The number of amides is 2. The molecule has 2 heterocycles. The van der Waals surface area contributed by atoms with Gasteiger partial charge in [0.05, 0.1) is 11.4 Å². The van der Waals surface area contributed by atoms with Gasteiger partial charge in [0.1, 0.15) is 11.1 Å². The van der Waals surface area contributed by atoms with Gasteiger partial charge in [0, 0.05) is 25.0 Å². The van der Waals surface area contributed by atoms with Gasteiger partial charge in [0.15, 0.2) is 0 Å². The minimum Gasteiger partial charge on any atom is -0.295 e. The third-order valence-electron chi connectivity index (χ3n) is 7.77. The van der Waals surface area contributed by atoms with E-state index in [0.29, 0.717) is 0 Å². The van der Waals surface area contributed by atoms with E-state index in [4.69, 9.17) is 0 Å². The molecule has 0 saturated heterocycles. The highest BCUT2D eigenvalue weighted by atomic mass is 16.2. The monoisotopic (exact) mass is 472 g/mol. The minimum absolute atomic E-state index is 0.0698. The maximum Gasteiger partial charge on any atom is 0.225 e. The Morgan fingerprint density at radius 1 is 0.556 bits per heavy atom. The summed E-state index contributed by atoms with van der Waals surface area (Å²) in [4.78, 5) is 31.4. The molecule has 4 nitrogen and oxygen atoms in total. The van der Waals surface area contributed by atoms with E-state index in [2.05, 4.69) is 50.2 Å². The molecule has 4 aromatic rings. The summed E-state index contributed by atoms with van der Waals surface area (Å²) in [7, 11) is 0. The van der Waals surface area contributed by atoms with Crippen LogP contribution in [0.15, 0.2) is 97.1 Å². The van der Waals surface area contributed by atoms with E-state index in [-0.39, 0.29) is 11.8 Å². The number of carbonyl (C=O) groups is 2. The van der Waals surface area contributed by atoms with E-state index >= 15 is 0 Å². The summed E-state index contributed by atoms with van der Waals surface area (Å²) >= 11 is 0. The van der Waals surface area contributed by atoms with Crippen molar-refractivity contribution in [3.63, 3.8) is 0 Å². The lowest BCUT2D eigenvalue weighted by molar-refractivity contribution is -0.119. The van der Waals surface area contributed by atoms with Gasteiger partial charge in [-0.15, -0.1) is 0 Å². The topological polar surface area (TPSA) is 40.6 Å². The van der Waals surface area contributed by atoms with Crippen LogP contribution in [0.4, 0.5) is 11.4 Å². The van der Waals surface area contributed by atoms with E-state index in [1.807, 2.05) is 70.5 Å². The molecule has 178 valence electrons. The Hall–Kier alpha value is -4.18. The number of hydrogen-bond donors (Lipinski definition) is 0. The third kappa shape index (κ3) is 2.54. The molecule has 2 atom stereocenters. The van der Waals surface area contributed by atoms with Crippen molar-refractivity contribution in [2.24, 2.45) is 0 Å². The van der Waals surface area contributed by atoms with Crippen LogP contribution in [0.25, 0.3) is 0 Å². The Morgan fingerprint density at radius 3 is 1.25 bits per heavy atom. The van der Waals surface area contributed by atoms with Crippen LogP contribution in [-0.2, 0) is 20.7 Å². The number of carbonyl (C=O) groups excluding carboxylic acids is 2. The molecule has 0 aliphatic carbocycles. The number of fused-ring (bicyclic) bond motifs is 5. The molecule has 0 aromatic heterocycles. The summed E-state index contributed by atoms with van der Waals surface area (Å²) in [6.07, 6.45) is 0. The molecule has 0 spiro atoms. The van der Waals surface area contributed by atoms with Crippen molar-refractivity contribution >= 4 is 23.2 Å². The van der Waals surface area contributed by atoms with Crippen molar-refractivity contribution in [3.05, 3.63) is 130 Å². The Labute approximate surface area is 211 Å². The molecule has 0 bridgehead atoms. The maximum atomic E-state index is 13.8. The van der Waals surface area contributed by atoms with Gasteiger partial charge in [-0.05, 0) is 37.1 Å². The lowest BCUT2D eigenvalue weighted by atomic mass is 9.65. The standard InChI is InChI=1S/C32H28N2O2/c1-21-15-17-29-27(19-21)31(25-11-7-5-8-12-25)32(33(29)23(3)35,26-13-9-6-10-14-26)28-20-22(2)16-18-30(28)34(31)24(4)36/h5-20H,1-4H3/t31-,32-/m0/s1. The van der Waals surface area contributed by atoms with Crippen LogP contribution in [0.5, 0.6) is 0 Å². The highest BCUT2D eigenvalue weighted by Crippen LogP contribution is 2.70. The van der Waals surface area contributed by atoms with Gasteiger partial charge in [0.2, 0.25) is 11.8 Å². The van der Waals surface area contributed by atoms with Crippen molar-refractivity contribution in [2.45, 2.75) is 38.8 Å². The second kappa shape index (κ2) is 7.66. The number of benzene rings is 4. The van der Waals surface area contributed by atoms with Crippen LogP contribution < -0.4 is 9.80 Å². The average molecular weight is 473 g/mol. The molecular weight excluding hydrogens is 444 g/mol. The summed E-state index contributed by atoms with van der Waals surface area (Å²) in [6.45, 7) is 7.37. The molecule has 0 saturated carbocycles. The molecule has 2 aliphatic heterocycles. The first-order chi connectivity index (χ1) is 17.3. The Bertz CT molecular complexity index is 1410. The first-order valence-electron chi connectivity index (χ1n) is 12.3. The largest absolute Gasteiger partial charge is 0.295 e. The van der Waals surface area contributed by atoms with Crippen molar-refractivity contribution in [1.82, 2.24) is 0 Å². The predicted molar refractivity (Wildman–Crippen MR) is 143 cm³/mol. The fourth-order valence-electron chi connectivity index (χ4n) is 6.74. The zero-order valence-corrected chi connectivity index (χ0v) is 20.9. The van der Waals surface area contributed by atoms with Crippen molar-refractivity contribution in [1.29, 1.82) is 0 Å². The van der Waals surface area contributed by atoms with E-state index < -0.39 is 11.1 Å². The van der Waals surface area contributed by atoms with Gasteiger partial charge < -0.3 is 0 Å². The van der Waals surface area contributed by atoms with Gasteiger partial charge in [0.25, 0.3) is 0 Å². The van der Waals surface area contributed by atoms with Crippen LogP contribution in [0, 0.1) is 13.8 Å². The Kier molecular flexibility index (Phi) is 4.74. The highest BCUT2D eigenvalue weighted by Gasteiger charge is 2.73. The summed E-state index contributed by atoms with van der Waals surface area (Å²) in [6, 6.07) is 32.8. The summed E-state index contributed by atoms with van der Waals surface area (Å²) in [5.74, 6) is -0.140. The van der Waals surface area contributed by atoms with Gasteiger partial charge in [-0.3, -0.25) is 19.4 Å². The second-order valence-electron chi connectivity index (χ2n) is 9.90. The quantitative estimate of drug-likeness (QED) is 0.347. The molecule has 4 aromatic carbocycles. The van der Waals surface area contributed by atoms with E-state index in [1.54, 1.807) is 13.8 Å². The number of anilines is 2. The molecule has 2 amide bonds. The summed E-state index contributed by atoms with van der Waals surface area (Å²) in [5.41, 5.74) is 5.67. The van der Waals surface area contributed by atoms with Crippen LogP contribution in [0.1, 0.15) is 47.2 Å². The number of rotatable bonds is 2. The number of nitrogens with zero attached hydrogens (tertiary/aromatic N) is 2. The van der Waals surface area contributed by atoms with Crippen LogP contribution in [0.3, 0.4) is 0 Å². The molecular formula is C32H28N2O2. The van der Waals surface area contributed by atoms with Crippen molar-refractivity contribution < 1.29 is 9.59 Å². The number of hydrogen-bond acceptors (Lipinski definition) is 2. The third-order valence-corrected chi connectivity index (χ3v) is 7.77. The molecule has 6 rings (SSSR count). The van der Waals surface area contributed by atoms with Gasteiger partial charge in [-0.2, -0.15) is 0 Å². The Morgan fingerprint density at radius 2 is 0.917 bits per heavy atom. The number of aryl methyl sites for hydroxylation is 2. The van der Waals surface area contributed by atoms with Crippen LogP contribution in [0.2, 0.25) is 0 Å². The van der Waals surface area contributed by atoms with Crippen LogP contribution >= 0.6 is 0 Å². The lowest BCUT2D eigenvalue weighted by Gasteiger charge is -2.49. The summed E-state index contributed by atoms with van der Waals surface area (Å²) in [5, 5.41) is 0. The molecule has 2 aliphatic rings. The smallest absolute Gasteiger partial charge is 0.225 e. The zero-order chi connectivity index (χ0) is 25.2. The second-order valence-corrected chi connectivity index (χ2v) is 9.90. The predicted octanol–water partition coefficient (Wildman–Crippen LogP) is 6.22. The SMILES string of the molecule is CC(=O)N1c2ccc(C)cc2[C@]2(c3ccccc3)N(C(C)=O)c3ccc(C)cc3[C@]12c1ccccc1. The average Bonchev–Trinajstić information content (AvgIpc) is 3.29. The van der Waals surface area contributed by atoms with Crippen molar-refractivity contribution in [2.75, 3.05) is 9.80 Å². The molecule has 0 unspecified atom stereocenters. The van der Waals surface area contributed by atoms with Gasteiger partial charge in [-0.25, -0.2) is 0 Å². The lowest BCUT2D eigenvalue weighted by Crippen LogP contribution is -2.62. The zero-order valence-electron chi connectivity index (χ0n) is 20.9. The van der Waals surface area contributed by atoms with Gasteiger partial charge >= 0.3 is 0 Å². The summed E-state index contributed by atoms with van der Waals surface area (Å²) < 4.78 is 0. The fraction of sp³-hybridized carbons (Fsp3) is 0.188.